The number of hydrogen-bond donors (Lipinski definition) is 1. The first-order valence-corrected chi connectivity index (χ1v) is 5.31. The third-order valence-corrected chi connectivity index (χ3v) is 2.32. The van der Waals surface area contributed by atoms with E-state index in [1.54, 1.807) is 19.3 Å². The fraction of sp³-hybridized carbons (Fsp3) is 0.364. The quantitative estimate of drug-likeness (QED) is 0.826. The van der Waals surface area contributed by atoms with Gasteiger partial charge in [0.25, 0.3) is 11.4 Å². The van der Waals surface area contributed by atoms with Gasteiger partial charge < -0.3 is 14.8 Å². The van der Waals surface area contributed by atoms with Crippen LogP contribution >= 0.6 is 0 Å². The monoisotopic (exact) mass is 234 g/mol. The van der Waals surface area contributed by atoms with Crippen LogP contribution in [0.4, 0.5) is 0 Å². The Morgan fingerprint density at radius 1 is 1.59 bits per heavy atom. The van der Waals surface area contributed by atoms with Gasteiger partial charge >= 0.3 is 0 Å². The largest absolute Gasteiger partial charge is 0.334 e. The average Bonchev–Trinajstić information content (AvgIpc) is 2.69. The van der Waals surface area contributed by atoms with Crippen LogP contribution in [-0.4, -0.2) is 20.7 Å². The van der Waals surface area contributed by atoms with Gasteiger partial charge in [-0.1, -0.05) is 5.16 Å². The minimum atomic E-state index is -0.116. The highest BCUT2D eigenvalue weighted by Gasteiger charge is 2.10. The molecule has 0 fully saturated rings. The molecular formula is C11H14N4O2. The highest BCUT2D eigenvalue weighted by molar-refractivity contribution is 5.51. The summed E-state index contributed by atoms with van der Waals surface area (Å²) < 4.78 is 6.56. The van der Waals surface area contributed by atoms with Crippen molar-refractivity contribution >= 4 is 0 Å². The van der Waals surface area contributed by atoms with Gasteiger partial charge in [-0.2, -0.15) is 4.98 Å². The molecule has 2 N–H and O–H groups in total. The molecule has 2 heterocycles. The molecule has 0 aromatic carbocycles. The molecule has 1 unspecified atom stereocenters. The van der Waals surface area contributed by atoms with E-state index in [0.29, 0.717) is 23.7 Å². The molecule has 0 amide bonds. The van der Waals surface area contributed by atoms with Gasteiger partial charge in [0.15, 0.2) is 5.82 Å². The van der Waals surface area contributed by atoms with Crippen molar-refractivity contribution in [3.63, 3.8) is 0 Å². The standard InChI is InChI=1S/C11H14N4O2/c1-7(12)5-9-13-11(17-14-9)8-3-4-15(2)10(16)6-8/h3-4,6-7H,5,12H2,1-2H3. The molecule has 90 valence electrons. The lowest BCUT2D eigenvalue weighted by molar-refractivity contribution is 0.420. The molecule has 0 saturated carbocycles. The second-order valence-corrected chi connectivity index (χ2v) is 4.06. The van der Waals surface area contributed by atoms with Gasteiger partial charge in [-0.05, 0) is 13.0 Å². The van der Waals surface area contributed by atoms with E-state index in [2.05, 4.69) is 10.1 Å². The van der Waals surface area contributed by atoms with Crippen molar-refractivity contribution in [2.24, 2.45) is 12.8 Å². The number of nitrogens with zero attached hydrogens (tertiary/aromatic N) is 3. The highest BCUT2D eigenvalue weighted by atomic mass is 16.5. The maximum Gasteiger partial charge on any atom is 0.258 e. The first kappa shape index (κ1) is 11.5. The number of nitrogens with two attached hydrogens (primary N) is 1. The smallest absolute Gasteiger partial charge is 0.258 e. The van der Waals surface area contributed by atoms with Gasteiger partial charge in [0, 0.05) is 37.3 Å². The first-order chi connectivity index (χ1) is 8.06. The summed E-state index contributed by atoms with van der Waals surface area (Å²) in [6.45, 7) is 1.87. The van der Waals surface area contributed by atoms with Gasteiger partial charge in [0.05, 0.1) is 0 Å². The van der Waals surface area contributed by atoms with Crippen molar-refractivity contribution in [2.75, 3.05) is 0 Å². The predicted octanol–water partition coefficient (Wildman–Crippen LogP) is 0.325. The number of aromatic nitrogens is 3. The molecule has 1 atom stereocenters. The molecule has 0 saturated heterocycles. The van der Waals surface area contributed by atoms with Crippen LogP contribution < -0.4 is 11.3 Å². The predicted molar refractivity (Wildman–Crippen MR) is 62.3 cm³/mol. The lowest BCUT2D eigenvalue weighted by Gasteiger charge is -1.97. The van der Waals surface area contributed by atoms with Crippen LogP contribution in [0.25, 0.3) is 11.5 Å². The van der Waals surface area contributed by atoms with Crippen LogP contribution in [0.2, 0.25) is 0 Å². The number of aryl methyl sites for hydroxylation is 1. The lowest BCUT2D eigenvalue weighted by Crippen LogP contribution is -2.18. The zero-order valence-electron chi connectivity index (χ0n) is 9.75. The fourth-order valence-electron chi connectivity index (χ4n) is 1.42. The Morgan fingerprint density at radius 2 is 2.35 bits per heavy atom. The molecular weight excluding hydrogens is 220 g/mol. The van der Waals surface area contributed by atoms with E-state index in [9.17, 15) is 4.79 Å². The van der Waals surface area contributed by atoms with E-state index >= 15 is 0 Å². The van der Waals surface area contributed by atoms with Crippen molar-refractivity contribution in [1.29, 1.82) is 0 Å². The van der Waals surface area contributed by atoms with Crippen LogP contribution in [0.5, 0.6) is 0 Å². The molecule has 0 radical (unpaired) electrons. The lowest BCUT2D eigenvalue weighted by atomic mass is 10.2. The number of rotatable bonds is 3. The average molecular weight is 234 g/mol. The Balaban J connectivity index is 2.30. The van der Waals surface area contributed by atoms with Crippen molar-refractivity contribution in [1.82, 2.24) is 14.7 Å². The third kappa shape index (κ3) is 2.59. The summed E-state index contributed by atoms with van der Waals surface area (Å²) in [6.07, 6.45) is 2.21. The summed E-state index contributed by atoms with van der Waals surface area (Å²) in [7, 11) is 1.68. The first-order valence-electron chi connectivity index (χ1n) is 5.31. The van der Waals surface area contributed by atoms with Gasteiger partial charge in [-0.25, -0.2) is 0 Å². The topological polar surface area (TPSA) is 86.9 Å². The van der Waals surface area contributed by atoms with Crippen molar-refractivity contribution in [2.45, 2.75) is 19.4 Å². The van der Waals surface area contributed by atoms with Gasteiger partial charge in [-0.15, -0.1) is 0 Å². The molecule has 0 spiro atoms. The van der Waals surface area contributed by atoms with E-state index in [1.807, 2.05) is 6.92 Å². The summed E-state index contributed by atoms with van der Waals surface area (Å²) in [4.78, 5) is 15.6. The van der Waals surface area contributed by atoms with Crippen LogP contribution in [0.3, 0.4) is 0 Å². The van der Waals surface area contributed by atoms with E-state index in [0.717, 1.165) is 0 Å². The minimum Gasteiger partial charge on any atom is -0.334 e. The van der Waals surface area contributed by atoms with E-state index in [-0.39, 0.29) is 11.6 Å². The van der Waals surface area contributed by atoms with Crippen LogP contribution in [-0.2, 0) is 13.5 Å². The summed E-state index contributed by atoms with van der Waals surface area (Å²) in [5, 5.41) is 3.81. The Bertz CT molecular complexity index is 571. The number of pyridine rings is 1. The van der Waals surface area contributed by atoms with E-state index in [4.69, 9.17) is 10.3 Å². The molecule has 0 aliphatic rings. The molecule has 2 aromatic heterocycles. The van der Waals surface area contributed by atoms with Crippen LogP contribution in [0, 0.1) is 0 Å². The Morgan fingerprint density at radius 3 is 3.00 bits per heavy atom. The highest BCUT2D eigenvalue weighted by Crippen LogP contribution is 2.14. The summed E-state index contributed by atoms with van der Waals surface area (Å²) in [5.74, 6) is 0.897. The summed E-state index contributed by atoms with van der Waals surface area (Å²) >= 11 is 0. The molecule has 2 aromatic rings. The minimum absolute atomic E-state index is 0.0240. The second-order valence-electron chi connectivity index (χ2n) is 4.06. The zero-order chi connectivity index (χ0) is 12.4. The molecule has 6 nitrogen and oxygen atoms in total. The van der Waals surface area contributed by atoms with E-state index < -0.39 is 0 Å². The second kappa shape index (κ2) is 4.50. The molecule has 2 rings (SSSR count). The normalized spacial score (nSPS) is 12.6. The Hall–Kier alpha value is -1.95. The maximum atomic E-state index is 11.5. The third-order valence-electron chi connectivity index (χ3n) is 2.32. The van der Waals surface area contributed by atoms with Gasteiger partial charge in [-0.3, -0.25) is 4.79 Å². The maximum absolute atomic E-state index is 11.5. The van der Waals surface area contributed by atoms with Crippen LogP contribution in [0.1, 0.15) is 12.7 Å². The van der Waals surface area contributed by atoms with Gasteiger partial charge in [0.1, 0.15) is 0 Å². The zero-order valence-corrected chi connectivity index (χ0v) is 9.75. The fourth-order valence-corrected chi connectivity index (χ4v) is 1.42. The van der Waals surface area contributed by atoms with Crippen molar-refractivity contribution in [3.8, 4) is 11.5 Å². The summed E-state index contributed by atoms with van der Waals surface area (Å²) in [6, 6.07) is 3.19. The molecule has 0 bridgehead atoms. The molecule has 0 aliphatic carbocycles. The van der Waals surface area contributed by atoms with E-state index in [1.165, 1.54) is 10.6 Å². The molecule has 0 aliphatic heterocycles. The summed E-state index contributed by atoms with van der Waals surface area (Å²) in [5.41, 5.74) is 6.15. The number of hydrogen-bond acceptors (Lipinski definition) is 5. The Kier molecular flexibility index (Phi) is 3.06. The molecule has 6 heteroatoms. The Labute approximate surface area is 98.1 Å². The SMILES string of the molecule is CC(N)Cc1noc(-c2ccn(C)c(=O)c2)n1. The molecule has 17 heavy (non-hydrogen) atoms. The van der Waals surface area contributed by atoms with Crippen LogP contribution in [0.15, 0.2) is 27.6 Å². The van der Waals surface area contributed by atoms with Crippen molar-refractivity contribution in [3.05, 3.63) is 34.5 Å². The van der Waals surface area contributed by atoms with Gasteiger partial charge in [0.2, 0.25) is 0 Å². The van der Waals surface area contributed by atoms with Crippen molar-refractivity contribution < 1.29 is 4.52 Å².